The minimum absolute atomic E-state index is 0.105. The number of carbonyl (C=O) groups is 2. The molecular formula is C9H13NO2. The number of carbonyl (C=O) groups excluding carboxylic acids is 2. The lowest BCUT2D eigenvalue weighted by molar-refractivity contribution is -0.133. The van der Waals surface area contributed by atoms with Gasteiger partial charge < -0.3 is 5.32 Å². The van der Waals surface area contributed by atoms with Gasteiger partial charge in [0.1, 0.15) is 5.78 Å². The lowest BCUT2D eigenvalue weighted by Gasteiger charge is -2.20. The molecule has 0 aromatic heterocycles. The molecule has 0 bridgehead atoms. The van der Waals surface area contributed by atoms with Gasteiger partial charge in [-0.2, -0.15) is 0 Å². The molecule has 1 unspecified atom stereocenters. The molecule has 0 spiro atoms. The van der Waals surface area contributed by atoms with Gasteiger partial charge in [0.25, 0.3) is 0 Å². The van der Waals surface area contributed by atoms with Crippen LogP contribution in [0.5, 0.6) is 0 Å². The van der Waals surface area contributed by atoms with Crippen LogP contribution in [0.25, 0.3) is 0 Å². The Morgan fingerprint density at radius 2 is 2.08 bits per heavy atom. The maximum Gasteiger partial charge on any atom is 0.227 e. The molecule has 1 atom stereocenters. The van der Waals surface area contributed by atoms with Crippen molar-refractivity contribution in [3.8, 4) is 0 Å². The SMILES string of the molecule is O=C1CC(=O)C(CC2CC2)CN1. The fourth-order valence-electron chi connectivity index (χ4n) is 1.69. The summed E-state index contributed by atoms with van der Waals surface area (Å²) in [7, 11) is 0. The molecule has 1 aliphatic carbocycles. The summed E-state index contributed by atoms with van der Waals surface area (Å²) in [6.07, 6.45) is 3.66. The van der Waals surface area contributed by atoms with E-state index in [9.17, 15) is 9.59 Å². The summed E-state index contributed by atoms with van der Waals surface area (Å²) in [5.41, 5.74) is 0. The molecule has 12 heavy (non-hydrogen) atoms. The van der Waals surface area contributed by atoms with Crippen molar-refractivity contribution in [2.45, 2.75) is 25.7 Å². The first-order chi connectivity index (χ1) is 5.75. The summed E-state index contributed by atoms with van der Waals surface area (Å²) in [6.45, 7) is 0.578. The highest BCUT2D eigenvalue weighted by atomic mass is 16.2. The molecule has 0 radical (unpaired) electrons. The van der Waals surface area contributed by atoms with Gasteiger partial charge in [0.05, 0.1) is 6.42 Å². The molecule has 1 heterocycles. The Kier molecular flexibility index (Phi) is 1.87. The lowest BCUT2D eigenvalue weighted by atomic mass is 9.92. The molecule has 1 N–H and O–H groups in total. The second-order valence-corrected chi connectivity index (χ2v) is 3.82. The second kappa shape index (κ2) is 2.88. The van der Waals surface area contributed by atoms with E-state index >= 15 is 0 Å². The van der Waals surface area contributed by atoms with Crippen molar-refractivity contribution in [3.05, 3.63) is 0 Å². The maximum atomic E-state index is 11.3. The normalized spacial score (nSPS) is 30.2. The average molecular weight is 167 g/mol. The van der Waals surface area contributed by atoms with Crippen molar-refractivity contribution in [3.63, 3.8) is 0 Å². The number of amides is 1. The number of Topliss-reactive ketones (excluding diaryl/α,β-unsaturated/α-hetero) is 1. The molecule has 2 rings (SSSR count). The van der Waals surface area contributed by atoms with E-state index in [1.807, 2.05) is 0 Å². The average Bonchev–Trinajstić information content (AvgIpc) is 2.79. The van der Waals surface area contributed by atoms with Crippen molar-refractivity contribution < 1.29 is 9.59 Å². The van der Waals surface area contributed by atoms with E-state index in [0.717, 1.165) is 12.3 Å². The molecule has 1 aliphatic heterocycles. The van der Waals surface area contributed by atoms with E-state index in [4.69, 9.17) is 0 Å². The molecule has 2 fully saturated rings. The molecule has 3 heteroatoms. The van der Waals surface area contributed by atoms with Crippen molar-refractivity contribution in [1.82, 2.24) is 5.32 Å². The summed E-state index contributed by atoms with van der Waals surface area (Å²) in [5, 5.41) is 2.74. The third kappa shape index (κ3) is 1.65. The molecule has 2 aliphatic rings. The van der Waals surface area contributed by atoms with Crippen molar-refractivity contribution in [2.24, 2.45) is 11.8 Å². The van der Waals surface area contributed by atoms with Gasteiger partial charge in [0.15, 0.2) is 0 Å². The summed E-state index contributed by atoms with van der Waals surface area (Å²) in [5.74, 6) is 0.932. The number of ketones is 1. The zero-order valence-corrected chi connectivity index (χ0v) is 7.01. The van der Waals surface area contributed by atoms with Crippen LogP contribution in [0.15, 0.2) is 0 Å². The number of rotatable bonds is 2. The highest BCUT2D eigenvalue weighted by Crippen LogP contribution is 2.36. The zero-order chi connectivity index (χ0) is 8.55. The van der Waals surface area contributed by atoms with Crippen LogP contribution in [0, 0.1) is 11.8 Å². The van der Waals surface area contributed by atoms with E-state index in [0.29, 0.717) is 6.54 Å². The van der Waals surface area contributed by atoms with Crippen LogP contribution in [-0.4, -0.2) is 18.2 Å². The quantitative estimate of drug-likeness (QED) is 0.608. The van der Waals surface area contributed by atoms with E-state index in [-0.39, 0.29) is 24.0 Å². The summed E-state index contributed by atoms with van der Waals surface area (Å²) in [4.78, 5) is 22.1. The third-order valence-electron chi connectivity index (χ3n) is 2.65. The largest absolute Gasteiger partial charge is 0.355 e. The van der Waals surface area contributed by atoms with Gasteiger partial charge in [-0.05, 0) is 12.3 Å². The predicted molar refractivity (Wildman–Crippen MR) is 43.5 cm³/mol. The minimum Gasteiger partial charge on any atom is -0.355 e. The molecule has 1 saturated carbocycles. The van der Waals surface area contributed by atoms with Crippen LogP contribution in [0.3, 0.4) is 0 Å². The summed E-state index contributed by atoms with van der Waals surface area (Å²) in [6, 6.07) is 0. The van der Waals surface area contributed by atoms with Gasteiger partial charge in [0.2, 0.25) is 5.91 Å². The van der Waals surface area contributed by atoms with Gasteiger partial charge >= 0.3 is 0 Å². The first-order valence-electron chi connectivity index (χ1n) is 4.55. The number of piperidine rings is 1. The van der Waals surface area contributed by atoms with Crippen molar-refractivity contribution in [2.75, 3.05) is 6.54 Å². The Morgan fingerprint density at radius 3 is 2.67 bits per heavy atom. The van der Waals surface area contributed by atoms with Crippen molar-refractivity contribution in [1.29, 1.82) is 0 Å². The monoisotopic (exact) mass is 167 g/mol. The molecule has 0 aromatic carbocycles. The Labute approximate surface area is 71.5 Å². The third-order valence-corrected chi connectivity index (χ3v) is 2.65. The fraction of sp³-hybridized carbons (Fsp3) is 0.778. The minimum atomic E-state index is -0.105. The first-order valence-corrected chi connectivity index (χ1v) is 4.55. The second-order valence-electron chi connectivity index (χ2n) is 3.82. The predicted octanol–water partition coefficient (Wildman–Crippen LogP) is 0.492. The Balaban J connectivity index is 1.88. The van der Waals surface area contributed by atoms with Crippen LogP contribution in [-0.2, 0) is 9.59 Å². The number of nitrogens with one attached hydrogen (secondary N) is 1. The maximum absolute atomic E-state index is 11.3. The summed E-state index contributed by atoms with van der Waals surface area (Å²) < 4.78 is 0. The molecule has 1 amide bonds. The number of hydrogen-bond donors (Lipinski definition) is 1. The lowest BCUT2D eigenvalue weighted by Crippen LogP contribution is -2.41. The van der Waals surface area contributed by atoms with E-state index in [1.54, 1.807) is 0 Å². The van der Waals surface area contributed by atoms with Crippen LogP contribution < -0.4 is 5.32 Å². The zero-order valence-electron chi connectivity index (χ0n) is 7.01. The van der Waals surface area contributed by atoms with Gasteiger partial charge in [-0.1, -0.05) is 12.8 Å². The highest BCUT2D eigenvalue weighted by Gasteiger charge is 2.32. The van der Waals surface area contributed by atoms with E-state index in [1.165, 1.54) is 12.8 Å². The van der Waals surface area contributed by atoms with Gasteiger partial charge in [-0.15, -0.1) is 0 Å². The van der Waals surface area contributed by atoms with Crippen LogP contribution in [0.1, 0.15) is 25.7 Å². The van der Waals surface area contributed by atoms with Crippen LogP contribution in [0.2, 0.25) is 0 Å². The summed E-state index contributed by atoms with van der Waals surface area (Å²) >= 11 is 0. The van der Waals surface area contributed by atoms with Gasteiger partial charge in [-0.3, -0.25) is 9.59 Å². The molecular weight excluding hydrogens is 154 g/mol. The van der Waals surface area contributed by atoms with Crippen LogP contribution in [0.4, 0.5) is 0 Å². The number of hydrogen-bond acceptors (Lipinski definition) is 2. The Bertz CT molecular complexity index is 221. The molecule has 3 nitrogen and oxygen atoms in total. The standard InChI is InChI=1S/C9H13NO2/c11-8-4-9(12)10-5-7(8)3-6-1-2-6/h6-7H,1-5H2,(H,10,12). The fourth-order valence-corrected chi connectivity index (χ4v) is 1.69. The van der Waals surface area contributed by atoms with E-state index in [2.05, 4.69) is 5.32 Å². The van der Waals surface area contributed by atoms with Crippen molar-refractivity contribution >= 4 is 11.7 Å². The van der Waals surface area contributed by atoms with E-state index < -0.39 is 0 Å². The molecule has 0 aromatic rings. The molecule has 1 saturated heterocycles. The smallest absolute Gasteiger partial charge is 0.227 e. The Morgan fingerprint density at radius 1 is 1.33 bits per heavy atom. The first kappa shape index (κ1) is 7.77. The topological polar surface area (TPSA) is 46.2 Å². The highest BCUT2D eigenvalue weighted by molar-refractivity contribution is 6.01. The van der Waals surface area contributed by atoms with Crippen LogP contribution >= 0.6 is 0 Å². The van der Waals surface area contributed by atoms with Gasteiger partial charge in [0, 0.05) is 12.5 Å². The Hall–Kier alpha value is -0.860. The molecule has 66 valence electrons. The van der Waals surface area contributed by atoms with Gasteiger partial charge in [-0.25, -0.2) is 0 Å².